The van der Waals surface area contributed by atoms with Crippen LogP contribution in [0.1, 0.15) is 31.4 Å². The molecule has 0 fully saturated rings. The number of aryl methyl sites for hydroxylation is 1. The maximum Gasteiger partial charge on any atom is 0.314 e. The van der Waals surface area contributed by atoms with Crippen LogP contribution in [0.15, 0.2) is 48.1 Å². The summed E-state index contributed by atoms with van der Waals surface area (Å²) in [4.78, 5) is 11.8. The molecule has 1 N–H and O–H groups in total. The second kappa shape index (κ2) is 6.27. The van der Waals surface area contributed by atoms with Crippen LogP contribution in [0.5, 0.6) is 0 Å². The van der Waals surface area contributed by atoms with Crippen molar-refractivity contribution in [2.24, 2.45) is 5.92 Å². The second-order valence-electron chi connectivity index (χ2n) is 5.29. The molecule has 0 saturated heterocycles. The van der Waals surface area contributed by atoms with Crippen molar-refractivity contribution in [1.82, 2.24) is 0 Å². The fraction of sp³-hybridized carbons (Fsp3) is 0.389. The lowest BCUT2D eigenvalue weighted by Gasteiger charge is -2.38. The number of hydrogen-bond donors (Lipinski definition) is 1. The molecule has 1 aliphatic carbocycles. The molecule has 0 heterocycles. The van der Waals surface area contributed by atoms with E-state index in [2.05, 4.69) is 0 Å². The van der Waals surface area contributed by atoms with Crippen LogP contribution in [0, 0.1) is 12.8 Å². The van der Waals surface area contributed by atoms with Gasteiger partial charge in [0, 0.05) is 6.61 Å². The summed E-state index contributed by atoms with van der Waals surface area (Å²) in [6.07, 6.45) is 6.54. The van der Waals surface area contributed by atoms with Crippen LogP contribution < -0.4 is 0 Å². The average molecular weight is 286 g/mol. The Hall–Kier alpha value is -1.87. The number of carboxylic acids is 1. The summed E-state index contributed by atoms with van der Waals surface area (Å²) in [6.45, 7) is 6.36. The van der Waals surface area contributed by atoms with E-state index in [0.29, 0.717) is 6.61 Å². The zero-order chi connectivity index (χ0) is 15.5. The minimum Gasteiger partial charge on any atom is -0.481 e. The first-order valence-electron chi connectivity index (χ1n) is 7.38. The quantitative estimate of drug-likeness (QED) is 0.894. The Morgan fingerprint density at radius 3 is 2.62 bits per heavy atom. The highest BCUT2D eigenvalue weighted by Gasteiger charge is 2.44. The number of ether oxygens (including phenoxy) is 1. The smallest absolute Gasteiger partial charge is 0.314 e. The third-order valence-electron chi connectivity index (χ3n) is 4.01. The van der Waals surface area contributed by atoms with E-state index >= 15 is 0 Å². The lowest BCUT2D eigenvalue weighted by atomic mass is 9.75. The molecule has 112 valence electrons. The highest BCUT2D eigenvalue weighted by Crippen LogP contribution is 2.42. The standard InChI is InChI=1S/C18H22O3/c1-4-14-10-11-18(21-5-2,16(12-14)17(19)20)15-9-7-6-8-13(15)3/h6-12,16H,4-5H2,1-3H3,(H,19,20). The molecule has 0 bridgehead atoms. The summed E-state index contributed by atoms with van der Waals surface area (Å²) in [7, 11) is 0. The maximum absolute atomic E-state index is 11.8. The number of allylic oxidation sites excluding steroid dienone is 2. The van der Waals surface area contributed by atoms with Gasteiger partial charge in [0.15, 0.2) is 0 Å². The van der Waals surface area contributed by atoms with E-state index in [-0.39, 0.29) is 0 Å². The number of rotatable bonds is 5. The van der Waals surface area contributed by atoms with E-state index in [1.165, 1.54) is 0 Å². The molecule has 0 amide bonds. The van der Waals surface area contributed by atoms with Crippen LogP contribution >= 0.6 is 0 Å². The fourth-order valence-corrected chi connectivity index (χ4v) is 2.94. The van der Waals surface area contributed by atoms with E-state index in [9.17, 15) is 9.90 Å². The van der Waals surface area contributed by atoms with Crippen LogP contribution in [-0.4, -0.2) is 17.7 Å². The maximum atomic E-state index is 11.8. The molecule has 0 spiro atoms. The van der Waals surface area contributed by atoms with Crippen molar-refractivity contribution in [2.45, 2.75) is 32.8 Å². The van der Waals surface area contributed by atoms with Gasteiger partial charge in [-0.15, -0.1) is 0 Å². The van der Waals surface area contributed by atoms with Crippen LogP contribution in [0.3, 0.4) is 0 Å². The van der Waals surface area contributed by atoms with Crippen molar-refractivity contribution in [2.75, 3.05) is 6.61 Å². The minimum atomic E-state index is -0.926. The van der Waals surface area contributed by atoms with Gasteiger partial charge in [-0.2, -0.15) is 0 Å². The van der Waals surface area contributed by atoms with E-state index in [1.807, 2.05) is 63.3 Å². The largest absolute Gasteiger partial charge is 0.481 e. The van der Waals surface area contributed by atoms with Gasteiger partial charge in [-0.25, -0.2) is 0 Å². The van der Waals surface area contributed by atoms with Gasteiger partial charge in [0.05, 0.1) is 0 Å². The second-order valence-corrected chi connectivity index (χ2v) is 5.29. The molecular weight excluding hydrogens is 264 g/mol. The van der Waals surface area contributed by atoms with Crippen molar-refractivity contribution in [3.63, 3.8) is 0 Å². The molecule has 3 heteroatoms. The number of carboxylic acid groups (broad SMARTS) is 1. The first-order chi connectivity index (χ1) is 10.0. The van der Waals surface area contributed by atoms with Crippen molar-refractivity contribution in [3.05, 3.63) is 59.2 Å². The van der Waals surface area contributed by atoms with Gasteiger partial charge in [0.25, 0.3) is 0 Å². The van der Waals surface area contributed by atoms with Gasteiger partial charge in [-0.3, -0.25) is 4.79 Å². The average Bonchev–Trinajstić information content (AvgIpc) is 2.48. The molecule has 0 saturated carbocycles. The van der Waals surface area contributed by atoms with E-state index in [4.69, 9.17) is 4.74 Å². The minimum absolute atomic E-state index is 0.456. The summed E-state index contributed by atoms with van der Waals surface area (Å²) in [6, 6.07) is 7.82. The molecule has 1 aromatic carbocycles. The third kappa shape index (κ3) is 2.79. The van der Waals surface area contributed by atoms with Gasteiger partial charge in [0.1, 0.15) is 11.5 Å². The van der Waals surface area contributed by atoms with Crippen LogP contribution in [-0.2, 0) is 15.1 Å². The molecule has 0 radical (unpaired) electrons. The van der Waals surface area contributed by atoms with Gasteiger partial charge < -0.3 is 9.84 Å². The molecule has 2 unspecified atom stereocenters. The first kappa shape index (κ1) is 15.5. The van der Waals surface area contributed by atoms with Crippen LogP contribution in [0.4, 0.5) is 0 Å². The summed E-state index contributed by atoms with van der Waals surface area (Å²) < 4.78 is 5.99. The highest BCUT2D eigenvalue weighted by atomic mass is 16.5. The predicted octanol–water partition coefficient (Wildman–Crippen LogP) is 3.83. The summed E-state index contributed by atoms with van der Waals surface area (Å²) in [5, 5.41) is 9.71. The monoisotopic (exact) mass is 286 g/mol. The number of benzene rings is 1. The van der Waals surface area contributed by atoms with Crippen molar-refractivity contribution >= 4 is 5.97 Å². The van der Waals surface area contributed by atoms with E-state index < -0.39 is 17.5 Å². The zero-order valence-electron chi connectivity index (χ0n) is 12.8. The summed E-state index contributed by atoms with van der Waals surface area (Å²) in [5.74, 6) is -1.57. The Kier molecular flexibility index (Phi) is 4.63. The number of carbonyl (C=O) groups is 1. The van der Waals surface area contributed by atoms with Gasteiger partial charge in [-0.1, -0.05) is 48.9 Å². The fourth-order valence-electron chi connectivity index (χ4n) is 2.94. The number of hydrogen-bond acceptors (Lipinski definition) is 2. The van der Waals surface area contributed by atoms with Gasteiger partial charge >= 0.3 is 5.97 Å². The number of aliphatic carboxylic acids is 1. The van der Waals surface area contributed by atoms with Crippen molar-refractivity contribution in [3.8, 4) is 0 Å². The normalized spacial score (nSPS) is 24.7. The lowest BCUT2D eigenvalue weighted by Crippen LogP contribution is -2.42. The van der Waals surface area contributed by atoms with Gasteiger partial charge in [0.2, 0.25) is 0 Å². The Bertz CT molecular complexity index is 586. The molecule has 21 heavy (non-hydrogen) atoms. The molecule has 1 aromatic rings. The van der Waals surface area contributed by atoms with Crippen molar-refractivity contribution < 1.29 is 14.6 Å². The summed E-state index contributed by atoms with van der Waals surface area (Å²) >= 11 is 0. The highest BCUT2D eigenvalue weighted by molar-refractivity contribution is 5.76. The topological polar surface area (TPSA) is 46.5 Å². The predicted molar refractivity (Wildman–Crippen MR) is 83.1 cm³/mol. The molecule has 2 rings (SSSR count). The third-order valence-corrected chi connectivity index (χ3v) is 4.01. The lowest BCUT2D eigenvalue weighted by molar-refractivity contribution is -0.150. The van der Waals surface area contributed by atoms with E-state index in [1.54, 1.807) is 0 Å². The molecule has 3 nitrogen and oxygen atoms in total. The molecule has 0 aromatic heterocycles. The Morgan fingerprint density at radius 1 is 1.33 bits per heavy atom. The summed E-state index contributed by atoms with van der Waals surface area (Å²) in [5.41, 5.74) is 2.06. The van der Waals surface area contributed by atoms with Crippen LogP contribution in [0.2, 0.25) is 0 Å². The molecule has 1 aliphatic rings. The van der Waals surface area contributed by atoms with Crippen LogP contribution in [0.25, 0.3) is 0 Å². The molecule has 2 atom stereocenters. The Labute approximate surface area is 125 Å². The first-order valence-corrected chi connectivity index (χ1v) is 7.38. The van der Waals surface area contributed by atoms with E-state index in [0.717, 1.165) is 23.1 Å². The molecular formula is C18H22O3. The van der Waals surface area contributed by atoms with Gasteiger partial charge in [-0.05, 0) is 37.5 Å². The Morgan fingerprint density at radius 2 is 2.05 bits per heavy atom. The SMILES string of the molecule is CCOC1(c2ccccc2C)C=CC(CC)=CC1C(=O)O. The zero-order valence-corrected chi connectivity index (χ0v) is 12.8. The molecule has 0 aliphatic heterocycles. The Balaban J connectivity index is 2.61. The van der Waals surface area contributed by atoms with Crippen molar-refractivity contribution in [1.29, 1.82) is 0 Å².